The third-order valence-electron chi connectivity index (χ3n) is 4.70. The monoisotopic (exact) mass is 423 g/mol. The quantitative estimate of drug-likeness (QED) is 0.477. The maximum absolute atomic E-state index is 12.3. The van der Waals surface area contributed by atoms with Crippen LogP contribution in [0.15, 0.2) is 71.3 Å². The summed E-state index contributed by atoms with van der Waals surface area (Å²) >= 11 is 0. The van der Waals surface area contributed by atoms with Crippen molar-refractivity contribution in [3.05, 3.63) is 89.6 Å². The second-order valence-electron chi connectivity index (χ2n) is 7.18. The molecule has 2 amide bonds. The van der Waals surface area contributed by atoms with Gasteiger partial charge in [0.25, 0.3) is 11.8 Å². The van der Waals surface area contributed by atoms with E-state index in [4.69, 9.17) is 4.42 Å². The third kappa shape index (κ3) is 6.24. The molecule has 1 heterocycles. The summed E-state index contributed by atoms with van der Waals surface area (Å²) in [5.74, 6) is -1.39. The van der Waals surface area contributed by atoms with Gasteiger partial charge in [0.15, 0.2) is 12.2 Å². The topological polar surface area (TPSA) is 116 Å². The normalized spacial score (nSPS) is 12.7. The Hall–Kier alpha value is -3.49. The number of rotatable bonds is 9. The molecule has 31 heavy (non-hydrogen) atoms. The van der Waals surface area contributed by atoms with E-state index in [0.717, 1.165) is 11.1 Å². The Morgan fingerprint density at radius 2 is 1.61 bits per heavy atom. The highest BCUT2D eigenvalue weighted by Gasteiger charge is 2.32. The highest BCUT2D eigenvalue weighted by atomic mass is 16.4. The number of nitrogens with zero attached hydrogens (tertiary/aromatic N) is 2. The second kappa shape index (κ2) is 10.5. The van der Waals surface area contributed by atoms with Gasteiger partial charge in [0.05, 0.1) is 12.2 Å². The molecular weight excluding hydrogens is 398 g/mol. The fourth-order valence-corrected chi connectivity index (χ4v) is 3.02. The van der Waals surface area contributed by atoms with Gasteiger partial charge < -0.3 is 24.8 Å². The van der Waals surface area contributed by atoms with Crippen LogP contribution in [-0.2, 0) is 29.1 Å². The van der Waals surface area contributed by atoms with Gasteiger partial charge in [-0.05, 0) is 11.1 Å². The maximum atomic E-state index is 12.3. The summed E-state index contributed by atoms with van der Waals surface area (Å²) in [4.78, 5) is 30.1. The molecule has 0 saturated carbocycles. The molecule has 8 heteroatoms. The molecule has 0 saturated heterocycles. The van der Waals surface area contributed by atoms with Crippen molar-refractivity contribution >= 4 is 11.8 Å². The van der Waals surface area contributed by atoms with Crippen LogP contribution in [0, 0.1) is 0 Å². The highest BCUT2D eigenvalue weighted by Crippen LogP contribution is 2.10. The van der Waals surface area contributed by atoms with Gasteiger partial charge in [-0.15, -0.1) is 0 Å². The predicted molar refractivity (Wildman–Crippen MR) is 113 cm³/mol. The molecule has 8 nitrogen and oxygen atoms in total. The van der Waals surface area contributed by atoms with Crippen LogP contribution in [0.2, 0.25) is 0 Å². The SMILES string of the molecule is CN(Cc1ccccc1)C(=O)C(O)C(O)C(=O)NCc1nc(Cc2ccccc2)co1. The van der Waals surface area contributed by atoms with Crippen LogP contribution in [0.25, 0.3) is 0 Å². The van der Waals surface area contributed by atoms with Gasteiger partial charge in [-0.2, -0.15) is 0 Å². The minimum Gasteiger partial charge on any atom is -0.447 e. The summed E-state index contributed by atoms with van der Waals surface area (Å²) in [6.07, 6.45) is -1.71. The van der Waals surface area contributed by atoms with Gasteiger partial charge >= 0.3 is 0 Å². The van der Waals surface area contributed by atoms with Gasteiger partial charge in [0.1, 0.15) is 6.26 Å². The smallest absolute Gasteiger partial charge is 0.254 e. The summed E-state index contributed by atoms with van der Waals surface area (Å²) < 4.78 is 5.33. The summed E-state index contributed by atoms with van der Waals surface area (Å²) in [7, 11) is 1.49. The molecule has 0 aliphatic carbocycles. The Kier molecular flexibility index (Phi) is 7.53. The summed E-state index contributed by atoms with van der Waals surface area (Å²) in [6.45, 7) is 0.164. The maximum Gasteiger partial charge on any atom is 0.254 e. The standard InChI is InChI=1S/C23H25N3O5/c1-26(14-17-10-6-3-7-11-17)23(30)21(28)20(27)22(29)24-13-19-25-18(15-31-19)12-16-8-4-2-5-9-16/h2-11,15,20-21,27-28H,12-14H2,1H3,(H,24,29). The van der Waals surface area contributed by atoms with Gasteiger partial charge in [-0.1, -0.05) is 60.7 Å². The zero-order chi connectivity index (χ0) is 22.2. The molecule has 0 radical (unpaired) electrons. The number of oxazole rings is 1. The minimum absolute atomic E-state index is 0.0779. The number of hydrogen-bond acceptors (Lipinski definition) is 6. The van der Waals surface area contributed by atoms with Crippen molar-refractivity contribution in [1.82, 2.24) is 15.2 Å². The van der Waals surface area contributed by atoms with Crippen LogP contribution in [0.1, 0.15) is 22.7 Å². The first-order valence-electron chi connectivity index (χ1n) is 9.84. The second-order valence-corrected chi connectivity index (χ2v) is 7.18. The number of aromatic nitrogens is 1. The van der Waals surface area contributed by atoms with E-state index >= 15 is 0 Å². The van der Waals surface area contributed by atoms with E-state index in [1.54, 1.807) is 0 Å². The average Bonchev–Trinajstić information content (AvgIpc) is 3.24. The summed E-state index contributed by atoms with van der Waals surface area (Å²) in [6, 6.07) is 18.9. The lowest BCUT2D eigenvalue weighted by Gasteiger charge is -2.23. The molecule has 162 valence electrons. The van der Waals surface area contributed by atoms with Crippen molar-refractivity contribution in [3.63, 3.8) is 0 Å². The van der Waals surface area contributed by atoms with Crippen LogP contribution < -0.4 is 5.32 Å². The zero-order valence-electron chi connectivity index (χ0n) is 17.1. The van der Waals surface area contributed by atoms with E-state index in [1.165, 1.54) is 18.2 Å². The first-order chi connectivity index (χ1) is 14.9. The van der Waals surface area contributed by atoms with E-state index in [9.17, 15) is 19.8 Å². The average molecular weight is 423 g/mol. The van der Waals surface area contributed by atoms with Crippen molar-refractivity contribution in [2.45, 2.75) is 31.7 Å². The zero-order valence-corrected chi connectivity index (χ0v) is 17.1. The number of carbonyl (C=O) groups excluding carboxylic acids is 2. The lowest BCUT2D eigenvalue weighted by atomic mass is 10.1. The van der Waals surface area contributed by atoms with Crippen LogP contribution in [0.5, 0.6) is 0 Å². The molecule has 2 atom stereocenters. The Balaban J connectivity index is 1.49. The largest absolute Gasteiger partial charge is 0.447 e. The highest BCUT2D eigenvalue weighted by molar-refractivity contribution is 5.90. The fourth-order valence-electron chi connectivity index (χ4n) is 3.02. The molecular formula is C23H25N3O5. The number of amides is 2. The first-order valence-corrected chi connectivity index (χ1v) is 9.84. The van der Waals surface area contributed by atoms with Crippen molar-refractivity contribution in [3.8, 4) is 0 Å². The van der Waals surface area contributed by atoms with Crippen molar-refractivity contribution in [2.75, 3.05) is 7.05 Å². The van der Waals surface area contributed by atoms with Crippen molar-refractivity contribution < 1.29 is 24.2 Å². The van der Waals surface area contributed by atoms with Crippen LogP contribution in [0.4, 0.5) is 0 Å². The van der Waals surface area contributed by atoms with Crippen LogP contribution >= 0.6 is 0 Å². The van der Waals surface area contributed by atoms with E-state index < -0.39 is 24.0 Å². The molecule has 3 N–H and O–H groups in total. The van der Waals surface area contributed by atoms with E-state index in [1.807, 2.05) is 60.7 Å². The van der Waals surface area contributed by atoms with Gasteiger partial charge in [-0.3, -0.25) is 9.59 Å². The van der Waals surface area contributed by atoms with Crippen molar-refractivity contribution in [2.24, 2.45) is 0 Å². The molecule has 3 rings (SSSR count). The van der Waals surface area contributed by atoms with Gasteiger partial charge in [0, 0.05) is 20.0 Å². The minimum atomic E-state index is -1.91. The van der Waals surface area contributed by atoms with Crippen LogP contribution in [-0.4, -0.2) is 51.2 Å². The molecule has 0 fully saturated rings. The Labute approximate surface area is 180 Å². The predicted octanol–water partition coefficient (Wildman–Crippen LogP) is 1.26. The number of nitrogens with one attached hydrogen (secondary N) is 1. The third-order valence-corrected chi connectivity index (χ3v) is 4.70. The molecule has 3 aromatic rings. The molecule has 0 aliphatic rings. The first kappa shape index (κ1) is 22.2. The van der Waals surface area contributed by atoms with Gasteiger partial charge in [0.2, 0.25) is 5.89 Å². The number of benzene rings is 2. The van der Waals surface area contributed by atoms with E-state index in [0.29, 0.717) is 12.1 Å². The van der Waals surface area contributed by atoms with Crippen molar-refractivity contribution in [1.29, 1.82) is 0 Å². The molecule has 0 spiro atoms. The molecule has 0 bridgehead atoms. The summed E-state index contributed by atoms with van der Waals surface area (Å²) in [5.41, 5.74) is 2.64. The molecule has 0 aliphatic heterocycles. The lowest BCUT2D eigenvalue weighted by molar-refractivity contribution is -0.152. The number of likely N-dealkylation sites (N-methyl/N-ethyl adjacent to an activating group) is 1. The molecule has 2 aromatic carbocycles. The lowest BCUT2D eigenvalue weighted by Crippen LogP contribution is -2.49. The summed E-state index contributed by atoms with van der Waals surface area (Å²) in [5, 5.41) is 22.6. The Morgan fingerprint density at radius 1 is 1.00 bits per heavy atom. The molecule has 2 unspecified atom stereocenters. The number of hydrogen-bond donors (Lipinski definition) is 3. The van der Waals surface area contributed by atoms with Crippen LogP contribution in [0.3, 0.4) is 0 Å². The van der Waals surface area contributed by atoms with E-state index in [2.05, 4.69) is 10.3 Å². The Bertz CT molecular complexity index is 991. The number of aliphatic hydroxyl groups is 2. The number of aliphatic hydroxyl groups excluding tert-OH is 2. The van der Waals surface area contributed by atoms with E-state index in [-0.39, 0.29) is 19.0 Å². The number of carbonyl (C=O) groups is 2. The van der Waals surface area contributed by atoms with Gasteiger partial charge in [-0.25, -0.2) is 4.98 Å². The fraction of sp³-hybridized carbons (Fsp3) is 0.261. The molecule has 1 aromatic heterocycles. The Morgan fingerprint density at radius 3 is 2.26 bits per heavy atom.